The monoisotopic (exact) mass is 311 g/mol. The maximum atomic E-state index is 12.5. The van der Waals surface area contributed by atoms with Crippen LogP contribution in [0, 0.1) is 0 Å². The van der Waals surface area contributed by atoms with Crippen molar-refractivity contribution in [1.82, 2.24) is 4.90 Å². The van der Waals surface area contributed by atoms with Crippen molar-refractivity contribution in [3.63, 3.8) is 0 Å². The minimum absolute atomic E-state index is 0.203. The van der Waals surface area contributed by atoms with Crippen LogP contribution in [0.2, 0.25) is 0 Å². The van der Waals surface area contributed by atoms with E-state index in [1.807, 2.05) is 30.3 Å². The second-order valence-corrected chi connectivity index (χ2v) is 6.65. The lowest BCUT2D eigenvalue weighted by Gasteiger charge is -2.25. The fourth-order valence-electron chi connectivity index (χ4n) is 2.89. The zero-order valence-corrected chi connectivity index (χ0v) is 13.5. The number of likely N-dealkylation sites (tertiary alicyclic amines) is 1. The first-order chi connectivity index (χ1) is 10.8. The molecule has 0 radical (unpaired) electrons. The summed E-state index contributed by atoms with van der Waals surface area (Å²) in [6.45, 7) is 2.65. The van der Waals surface area contributed by atoms with Crippen LogP contribution in [-0.4, -0.2) is 30.3 Å². The van der Waals surface area contributed by atoms with Crippen molar-refractivity contribution in [1.29, 1.82) is 0 Å². The second-order valence-electron chi connectivity index (χ2n) is 5.70. The number of carbonyl (C=O) groups excluding carboxylic acids is 1. The number of nitrogens with zero attached hydrogens (tertiary/aromatic N) is 1. The van der Waals surface area contributed by atoms with Crippen LogP contribution in [0.15, 0.2) is 53.9 Å². The van der Waals surface area contributed by atoms with Gasteiger partial charge in [0, 0.05) is 10.5 Å². The number of piperidine rings is 1. The van der Waals surface area contributed by atoms with Crippen LogP contribution in [0.3, 0.4) is 0 Å². The quantitative estimate of drug-likeness (QED) is 0.770. The van der Waals surface area contributed by atoms with E-state index in [0.717, 1.165) is 29.1 Å². The Balaban J connectivity index is 1.81. The van der Waals surface area contributed by atoms with Gasteiger partial charge in [0.1, 0.15) is 0 Å². The number of hydrogen-bond donors (Lipinski definition) is 0. The smallest absolute Gasteiger partial charge is 0.170 e. The molecule has 3 heteroatoms. The van der Waals surface area contributed by atoms with Gasteiger partial charge in [-0.25, -0.2) is 0 Å². The summed E-state index contributed by atoms with van der Waals surface area (Å²) < 4.78 is 0. The topological polar surface area (TPSA) is 20.3 Å². The molecule has 3 rings (SSSR count). The van der Waals surface area contributed by atoms with E-state index in [0.29, 0.717) is 6.54 Å². The maximum Gasteiger partial charge on any atom is 0.170 e. The van der Waals surface area contributed by atoms with Gasteiger partial charge in [-0.1, -0.05) is 42.8 Å². The third-order valence-electron chi connectivity index (χ3n) is 4.00. The lowest BCUT2D eigenvalue weighted by molar-refractivity contribution is -0.115. The predicted octanol–water partition coefficient (Wildman–Crippen LogP) is 4.23. The Morgan fingerprint density at radius 3 is 2.50 bits per heavy atom. The molecule has 0 amide bonds. The molecule has 2 nitrogen and oxygen atoms in total. The molecule has 0 saturated carbocycles. The van der Waals surface area contributed by atoms with Gasteiger partial charge in [-0.2, -0.15) is 0 Å². The molecule has 2 heterocycles. The second kappa shape index (κ2) is 7.52. The van der Waals surface area contributed by atoms with Gasteiger partial charge in [0.2, 0.25) is 0 Å². The molecule has 22 heavy (non-hydrogen) atoms. The first-order valence-corrected chi connectivity index (χ1v) is 8.77. The van der Waals surface area contributed by atoms with Crippen molar-refractivity contribution in [2.45, 2.75) is 19.3 Å². The van der Waals surface area contributed by atoms with Gasteiger partial charge in [0.25, 0.3) is 0 Å². The van der Waals surface area contributed by atoms with Crippen LogP contribution in [0.25, 0.3) is 5.57 Å². The maximum absolute atomic E-state index is 12.5. The molecule has 1 aliphatic heterocycles. The van der Waals surface area contributed by atoms with E-state index in [-0.39, 0.29) is 5.78 Å². The highest BCUT2D eigenvalue weighted by atomic mass is 32.1. The van der Waals surface area contributed by atoms with E-state index in [4.69, 9.17) is 0 Å². The highest BCUT2D eigenvalue weighted by Gasteiger charge is 2.14. The van der Waals surface area contributed by atoms with Crippen LogP contribution >= 0.6 is 11.3 Å². The fraction of sp³-hybridized carbons (Fsp3) is 0.316. The number of benzene rings is 1. The fourth-order valence-corrected chi connectivity index (χ4v) is 3.66. The molecule has 0 unspecified atom stereocenters. The van der Waals surface area contributed by atoms with Crippen LogP contribution < -0.4 is 0 Å². The molecule has 2 aromatic rings. The Morgan fingerprint density at radius 2 is 1.82 bits per heavy atom. The van der Waals surface area contributed by atoms with Crippen molar-refractivity contribution >= 4 is 22.7 Å². The number of hydrogen-bond acceptors (Lipinski definition) is 3. The molecular formula is C19H21NOS. The van der Waals surface area contributed by atoms with E-state index >= 15 is 0 Å². The molecule has 0 N–H and O–H groups in total. The van der Waals surface area contributed by atoms with Crippen molar-refractivity contribution in [3.05, 3.63) is 64.4 Å². The summed E-state index contributed by atoms with van der Waals surface area (Å²) in [6, 6.07) is 14.3. The van der Waals surface area contributed by atoms with Gasteiger partial charge in [-0.15, -0.1) is 11.3 Å². The van der Waals surface area contributed by atoms with Crippen LogP contribution in [0.5, 0.6) is 0 Å². The molecule has 1 fully saturated rings. The van der Waals surface area contributed by atoms with Gasteiger partial charge in [0.15, 0.2) is 5.78 Å². The molecule has 0 bridgehead atoms. The SMILES string of the molecule is O=C(/C=C(\c1ccccc1)c1cccs1)CN1CCCCC1. The highest BCUT2D eigenvalue weighted by Crippen LogP contribution is 2.27. The van der Waals surface area contributed by atoms with Gasteiger partial charge in [-0.3, -0.25) is 9.69 Å². The summed E-state index contributed by atoms with van der Waals surface area (Å²) in [7, 11) is 0. The van der Waals surface area contributed by atoms with Crippen LogP contribution in [-0.2, 0) is 4.79 Å². The average Bonchev–Trinajstić information content (AvgIpc) is 3.08. The molecule has 1 aromatic carbocycles. The first kappa shape index (κ1) is 15.2. The summed E-state index contributed by atoms with van der Waals surface area (Å²) in [6.07, 6.45) is 5.56. The van der Waals surface area contributed by atoms with E-state index in [9.17, 15) is 4.79 Å². The molecule has 0 aliphatic carbocycles. The third kappa shape index (κ3) is 3.93. The summed E-state index contributed by atoms with van der Waals surface area (Å²) in [5.74, 6) is 0.203. The van der Waals surface area contributed by atoms with Crippen molar-refractivity contribution in [2.75, 3.05) is 19.6 Å². The van der Waals surface area contributed by atoms with Gasteiger partial charge in [-0.05, 0) is 49.0 Å². The predicted molar refractivity (Wildman–Crippen MR) is 93.1 cm³/mol. The first-order valence-electron chi connectivity index (χ1n) is 7.89. The summed E-state index contributed by atoms with van der Waals surface area (Å²) in [5.41, 5.74) is 2.15. The normalized spacial score (nSPS) is 16.6. The van der Waals surface area contributed by atoms with E-state index in [2.05, 4.69) is 28.5 Å². The Hall–Kier alpha value is -1.71. The number of rotatable bonds is 5. The Bertz CT molecular complexity index is 625. The van der Waals surface area contributed by atoms with E-state index in [1.54, 1.807) is 11.3 Å². The summed E-state index contributed by atoms with van der Waals surface area (Å²) in [5, 5.41) is 2.06. The van der Waals surface area contributed by atoms with Gasteiger partial charge >= 0.3 is 0 Å². The van der Waals surface area contributed by atoms with Crippen molar-refractivity contribution in [3.8, 4) is 0 Å². The average molecular weight is 311 g/mol. The van der Waals surface area contributed by atoms with Crippen LogP contribution in [0.4, 0.5) is 0 Å². The lowest BCUT2D eigenvalue weighted by atomic mass is 10.0. The van der Waals surface area contributed by atoms with Gasteiger partial charge in [0.05, 0.1) is 6.54 Å². The highest BCUT2D eigenvalue weighted by molar-refractivity contribution is 7.11. The zero-order valence-electron chi connectivity index (χ0n) is 12.7. The third-order valence-corrected chi connectivity index (χ3v) is 4.91. The zero-order chi connectivity index (χ0) is 15.2. The largest absolute Gasteiger partial charge is 0.296 e. The minimum Gasteiger partial charge on any atom is -0.296 e. The van der Waals surface area contributed by atoms with E-state index < -0.39 is 0 Å². The minimum atomic E-state index is 0.203. The Morgan fingerprint density at radius 1 is 1.05 bits per heavy atom. The molecule has 0 spiro atoms. The summed E-state index contributed by atoms with van der Waals surface area (Å²) in [4.78, 5) is 15.9. The number of thiophene rings is 1. The molecular weight excluding hydrogens is 290 g/mol. The number of ketones is 1. The molecule has 1 aliphatic rings. The van der Waals surface area contributed by atoms with Crippen LogP contribution in [0.1, 0.15) is 29.7 Å². The molecule has 114 valence electrons. The standard InChI is InChI=1S/C19H21NOS/c21-17(15-20-11-5-2-6-12-20)14-18(19-10-7-13-22-19)16-8-3-1-4-9-16/h1,3-4,7-10,13-14H,2,5-6,11-12,15H2/b18-14+. The molecule has 1 saturated heterocycles. The number of carbonyl (C=O) groups is 1. The summed E-state index contributed by atoms with van der Waals surface area (Å²) >= 11 is 1.68. The molecule has 0 atom stereocenters. The van der Waals surface area contributed by atoms with Gasteiger partial charge < -0.3 is 0 Å². The molecule has 1 aromatic heterocycles. The van der Waals surface area contributed by atoms with E-state index in [1.165, 1.54) is 19.3 Å². The lowest BCUT2D eigenvalue weighted by Crippen LogP contribution is -2.33. The van der Waals surface area contributed by atoms with Crippen molar-refractivity contribution in [2.24, 2.45) is 0 Å². The Labute approximate surface area is 136 Å². The van der Waals surface area contributed by atoms with Crippen molar-refractivity contribution < 1.29 is 4.79 Å². The Kier molecular flexibility index (Phi) is 5.20.